The number of halogens is 1. The number of aryl methyl sites for hydroxylation is 1. The number of ether oxygens (including phenoxy) is 2. The van der Waals surface area contributed by atoms with Crippen LogP contribution in [-0.2, 0) is 16.2 Å². The lowest BCUT2D eigenvalue weighted by Gasteiger charge is -2.48. The van der Waals surface area contributed by atoms with E-state index in [1.807, 2.05) is 50.4 Å². The van der Waals surface area contributed by atoms with Crippen LogP contribution in [0.1, 0.15) is 76.0 Å². The van der Waals surface area contributed by atoms with Gasteiger partial charge in [-0.2, -0.15) is 0 Å². The van der Waals surface area contributed by atoms with Gasteiger partial charge in [0.2, 0.25) is 0 Å². The van der Waals surface area contributed by atoms with Crippen molar-refractivity contribution in [2.24, 2.45) is 10.8 Å². The minimum atomic E-state index is -0.476. The zero-order valence-electron chi connectivity index (χ0n) is 24.0. The molecule has 39 heavy (non-hydrogen) atoms. The van der Waals surface area contributed by atoms with E-state index >= 15 is 0 Å². The first-order valence-electron chi connectivity index (χ1n) is 13.6. The summed E-state index contributed by atoms with van der Waals surface area (Å²) >= 11 is 6.85. The minimum Gasteiger partial charge on any atom is -0.493 e. The van der Waals surface area contributed by atoms with Gasteiger partial charge in [-0.05, 0) is 53.9 Å². The number of hydrogen-bond donors (Lipinski definition) is 0. The topological polar surface area (TPSA) is 55.8 Å². The number of hydrogen-bond acceptors (Lipinski definition) is 5. The molecule has 0 atom stereocenters. The van der Waals surface area contributed by atoms with Crippen LogP contribution < -0.4 is 9.47 Å². The Balaban J connectivity index is 1.62. The van der Waals surface area contributed by atoms with E-state index in [-0.39, 0.29) is 22.4 Å². The molecule has 1 aliphatic heterocycles. The summed E-state index contributed by atoms with van der Waals surface area (Å²) in [5, 5.41) is 0.395. The lowest BCUT2D eigenvalue weighted by molar-refractivity contribution is -0.119. The fraction of sp³-hybridized carbons (Fsp3) is 0.455. The quantitative estimate of drug-likeness (QED) is 0.387. The summed E-state index contributed by atoms with van der Waals surface area (Å²) in [5.74, 6) is 0.650. The summed E-state index contributed by atoms with van der Waals surface area (Å²) in [5.41, 5.74) is 6.15. The molecule has 3 aliphatic rings. The Morgan fingerprint density at radius 2 is 1.44 bits per heavy atom. The SMILES string of the molecule is COc1cc(C2C3=C(CC(C)(C)CC3=O)N(C)C3=C2C(=O)CC(C)(C)C3)cc(Cl)c1OCc1ccc(C)cc1. The molecule has 2 aromatic rings. The Bertz CT molecular complexity index is 1360. The van der Waals surface area contributed by atoms with Gasteiger partial charge in [0.1, 0.15) is 6.61 Å². The minimum absolute atomic E-state index is 0.0945. The van der Waals surface area contributed by atoms with Crippen LogP contribution in [0.15, 0.2) is 58.9 Å². The molecule has 5 rings (SSSR count). The van der Waals surface area contributed by atoms with Gasteiger partial charge in [0.25, 0.3) is 0 Å². The Morgan fingerprint density at radius 1 is 0.897 bits per heavy atom. The molecule has 0 fully saturated rings. The maximum Gasteiger partial charge on any atom is 0.180 e. The van der Waals surface area contributed by atoms with Crippen LogP contribution in [0.3, 0.4) is 0 Å². The summed E-state index contributed by atoms with van der Waals surface area (Å²) in [7, 11) is 3.60. The molecule has 0 bridgehead atoms. The lowest BCUT2D eigenvalue weighted by Crippen LogP contribution is -2.43. The molecular weight excluding hydrogens is 510 g/mol. The molecule has 0 N–H and O–H groups in total. The van der Waals surface area contributed by atoms with Crippen LogP contribution >= 0.6 is 11.6 Å². The molecule has 2 aliphatic carbocycles. The number of carbonyl (C=O) groups is 2. The molecule has 0 radical (unpaired) electrons. The van der Waals surface area contributed by atoms with Crippen LogP contribution in [0, 0.1) is 17.8 Å². The molecular formula is C33H38ClNO4. The van der Waals surface area contributed by atoms with Gasteiger partial charge in [0, 0.05) is 48.3 Å². The van der Waals surface area contributed by atoms with Crippen molar-refractivity contribution >= 4 is 23.2 Å². The molecule has 1 heterocycles. The second-order valence-corrected chi connectivity index (χ2v) is 13.3. The Morgan fingerprint density at radius 3 is 1.95 bits per heavy atom. The van der Waals surface area contributed by atoms with E-state index in [9.17, 15) is 9.59 Å². The van der Waals surface area contributed by atoms with Crippen molar-refractivity contribution in [3.63, 3.8) is 0 Å². The summed E-state index contributed by atoms with van der Waals surface area (Å²) in [4.78, 5) is 29.7. The average molecular weight is 548 g/mol. The smallest absolute Gasteiger partial charge is 0.180 e. The summed E-state index contributed by atoms with van der Waals surface area (Å²) in [6, 6.07) is 11.9. The van der Waals surface area contributed by atoms with Gasteiger partial charge < -0.3 is 14.4 Å². The van der Waals surface area contributed by atoms with Crippen LogP contribution in [0.5, 0.6) is 11.5 Å². The molecule has 0 unspecified atom stereocenters. The third-order valence-electron chi connectivity index (χ3n) is 8.27. The van der Waals surface area contributed by atoms with Crippen molar-refractivity contribution < 1.29 is 19.1 Å². The van der Waals surface area contributed by atoms with Crippen LogP contribution in [0.4, 0.5) is 0 Å². The summed E-state index contributed by atoms with van der Waals surface area (Å²) in [6.45, 7) is 10.9. The monoisotopic (exact) mass is 547 g/mol. The first-order chi connectivity index (χ1) is 18.3. The predicted octanol–water partition coefficient (Wildman–Crippen LogP) is 7.55. The first kappa shape index (κ1) is 27.5. The van der Waals surface area contributed by atoms with Gasteiger partial charge in [-0.3, -0.25) is 9.59 Å². The zero-order valence-corrected chi connectivity index (χ0v) is 24.8. The number of carbonyl (C=O) groups excluding carboxylic acids is 2. The third-order valence-corrected chi connectivity index (χ3v) is 8.55. The zero-order chi connectivity index (χ0) is 28.3. The number of nitrogens with zero attached hydrogens (tertiary/aromatic N) is 1. The van der Waals surface area contributed by atoms with E-state index in [1.54, 1.807) is 7.11 Å². The van der Waals surface area contributed by atoms with Crippen LogP contribution in [0.25, 0.3) is 0 Å². The number of benzene rings is 2. The van der Waals surface area contributed by atoms with E-state index in [4.69, 9.17) is 21.1 Å². The van der Waals surface area contributed by atoms with Gasteiger partial charge >= 0.3 is 0 Å². The van der Waals surface area contributed by atoms with Gasteiger partial charge in [-0.25, -0.2) is 0 Å². The van der Waals surface area contributed by atoms with Crippen molar-refractivity contribution in [1.29, 1.82) is 0 Å². The standard InChI is InChI=1S/C33H38ClNO4/c1-19-8-10-20(11-9-19)18-39-31-22(34)12-21(13-27(31)38-7)28-29-23(14-32(2,3)16-25(29)36)35(6)24-15-33(4,5)17-26(37)30(24)28/h8-13,28H,14-18H2,1-7H3. The average Bonchev–Trinajstić information content (AvgIpc) is 2.84. The highest BCUT2D eigenvalue weighted by atomic mass is 35.5. The highest BCUT2D eigenvalue weighted by Gasteiger charge is 2.48. The number of rotatable bonds is 5. The van der Waals surface area contributed by atoms with Crippen LogP contribution in [0.2, 0.25) is 5.02 Å². The highest BCUT2D eigenvalue weighted by molar-refractivity contribution is 6.32. The fourth-order valence-electron chi connectivity index (χ4n) is 6.38. The van der Waals surface area contributed by atoms with E-state index in [2.05, 4.69) is 32.6 Å². The molecule has 6 heteroatoms. The number of Topliss-reactive ketones (excluding diaryl/α,β-unsaturated/α-hetero) is 2. The molecule has 2 aromatic carbocycles. The molecule has 0 aromatic heterocycles. The molecule has 0 saturated carbocycles. The van der Waals surface area contributed by atoms with Crippen molar-refractivity contribution in [2.75, 3.05) is 14.2 Å². The van der Waals surface area contributed by atoms with Crippen molar-refractivity contribution in [1.82, 2.24) is 4.90 Å². The Kier molecular flexibility index (Phi) is 6.95. The Hall–Kier alpha value is -3.05. The molecule has 0 saturated heterocycles. The number of methoxy groups -OCH3 is 1. The van der Waals surface area contributed by atoms with Crippen molar-refractivity contribution in [3.05, 3.63) is 80.7 Å². The summed E-state index contributed by atoms with van der Waals surface area (Å²) in [6.07, 6.45) is 2.44. The van der Waals surface area contributed by atoms with Gasteiger partial charge in [-0.15, -0.1) is 0 Å². The van der Waals surface area contributed by atoms with Gasteiger partial charge in [0.15, 0.2) is 23.1 Å². The highest BCUT2D eigenvalue weighted by Crippen LogP contribution is 2.55. The van der Waals surface area contributed by atoms with E-state index < -0.39 is 5.92 Å². The molecule has 206 valence electrons. The maximum absolute atomic E-state index is 13.8. The molecule has 0 amide bonds. The number of allylic oxidation sites excluding steroid dienone is 4. The normalized spacial score (nSPS) is 20.7. The lowest BCUT2D eigenvalue weighted by atomic mass is 9.63. The first-order valence-corrected chi connectivity index (χ1v) is 14.0. The fourth-order valence-corrected chi connectivity index (χ4v) is 6.66. The second-order valence-electron chi connectivity index (χ2n) is 12.9. The molecule has 5 nitrogen and oxygen atoms in total. The second kappa shape index (κ2) is 9.85. The Labute approximate surface area is 236 Å². The number of ketones is 2. The van der Waals surface area contributed by atoms with Crippen LogP contribution in [-0.4, -0.2) is 30.6 Å². The van der Waals surface area contributed by atoms with Gasteiger partial charge in [0.05, 0.1) is 12.1 Å². The van der Waals surface area contributed by atoms with E-state index in [1.165, 1.54) is 5.56 Å². The molecule has 0 spiro atoms. The van der Waals surface area contributed by atoms with E-state index in [0.29, 0.717) is 36.0 Å². The van der Waals surface area contributed by atoms with E-state index in [0.717, 1.165) is 46.5 Å². The van der Waals surface area contributed by atoms with Crippen molar-refractivity contribution in [2.45, 2.75) is 72.8 Å². The maximum atomic E-state index is 13.8. The summed E-state index contributed by atoms with van der Waals surface area (Å²) < 4.78 is 11.9. The van der Waals surface area contributed by atoms with Gasteiger partial charge in [-0.1, -0.05) is 69.1 Å². The third kappa shape index (κ3) is 5.14. The van der Waals surface area contributed by atoms with Crippen molar-refractivity contribution in [3.8, 4) is 11.5 Å². The largest absolute Gasteiger partial charge is 0.493 e. The predicted molar refractivity (Wildman–Crippen MR) is 154 cm³/mol.